The van der Waals surface area contributed by atoms with Crippen LogP contribution in [0.1, 0.15) is 39.9 Å². The lowest BCUT2D eigenvalue weighted by molar-refractivity contribution is -0.139. The summed E-state index contributed by atoms with van der Waals surface area (Å²) in [6.45, 7) is 0.154. The average molecular weight is 428 g/mol. The summed E-state index contributed by atoms with van der Waals surface area (Å²) in [7, 11) is 0. The van der Waals surface area contributed by atoms with Gasteiger partial charge in [0.2, 0.25) is 5.91 Å². The number of fused-ring (bicyclic) bond motifs is 4. The maximum Gasteiger partial charge on any atom is 0.341 e. The fraction of sp³-hybridized carbons (Fsp3) is 0.231. The Kier molecular flexibility index (Phi) is 5.05. The number of ether oxygens (including phenoxy) is 1. The van der Waals surface area contributed by atoms with E-state index in [-0.39, 0.29) is 0 Å². The molecule has 162 valence electrons. The van der Waals surface area contributed by atoms with Gasteiger partial charge in [0.25, 0.3) is 0 Å². The minimum Gasteiger partial charge on any atom is -0.481 e. The highest BCUT2D eigenvalue weighted by atomic mass is 16.5. The van der Waals surface area contributed by atoms with Crippen LogP contribution in [0.15, 0.2) is 54.6 Å². The van der Waals surface area contributed by atoms with Crippen LogP contribution < -0.4 is 10.5 Å². The molecule has 3 N–H and O–H groups in total. The first-order chi connectivity index (χ1) is 15.5. The highest BCUT2D eigenvalue weighted by molar-refractivity contribution is 6.20. The highest BCUT2D eigenvalue weighted by Gasteiger charge is 2.26. The number of aryl methyl sites for hydroxylation is 1. The average Bonchev–Trinajstić information content (AvgIpc) is 3.10. The second-order valence-corrected chi connectivity index (χ2v) is 8.26. The fourth-order valence-electron chi connectivity index (χ4n) is 4.95. The van der Waals surface area contributed by atoms with Crippen LogP contribution in [-0.2, 0) is 24.2 Å². The first kappa shape index (κ1) is 20.1. The van der Waals surface area contributed by atoms with Crippen molar-refractivity contribution in [3.8, 4) is 5.75 Å². The van der Waals surface area contributed by atoms with E-state index in [1.54, 1.807) is 6.07 Å². The Bertz CT molecular complexity index is 1360. The van der Waals surface area contributed by atoms with Crippen molar-refractivity contribution >= 4 is 33.7 Å². The van der Waals surface area contributed by atoms with Gasteiger partial charge >= 0.3 is 5.97 Å². The topological polar surface area (TPSA) is 94.6 Å². The van der Waals surface area contributed by atoms with Crippen molar-refractivity contribution in [2.45, 2.75) is 32.2 Å². The van der Waals surface area contributed by atoms with Crippen molar-refractivity contribution in [1.29, 1.82) is 0 Å². The number of carbonyl (C=O) groups excluding carboxylic acids is 1. The Hall–Kier alpha value is -3.80. The zero-order valence-electron chi connectivity index (χ0n) is 17.6. The van der Waals surface area contributed by atoms with Gasteiger partial charge in [-0.3, -0.25) is 4.79 Å². The molecule has 6 nitrogen and oxygen atoms in total. The molecule has 32 heavy (non-hydrogen) atoms. The van der Waals surface area contributed by atoms with E-state index in [0.29, 0.717) is 17.9 Å². The number of hydrogen-bond donors (Lipinski definition) is 2. The van der Waals surface area contributed by atoms with Gasteiger partial charge in [0.1, 0.15) is 5.75 Å². The third-order valence-electron chi connectivity index (χ3n) is 6.25. The molecule has 1 heterocycles. The largest absolute Gasteiger partial charge is 0.481 e. The predicted molar refractivity (Wildman–Crippen MR) is 123 cm³/mol. The smallest absolute Gasteiger partial charge is 0.341 e. The summed E-state index contributed by atoms with van der Waals surface area (Å²) in [5.74, 6) is -1.07. The summed E-state index contributed by atoms with van der Waals surface area (Å²) < 4.78 is 7.84. The number of hydrogen-bond acceptors (Lipinski definition) is 3. The van der Waals surface area contributed by atoms with E-state index in [1.165, 1.54) is 5.56 Å². The molecule has 5 rings (SSSR count). The van der Waals surface area contributed by atoms with Gasteiger partial charge in [-0.25, -0.2) is 4.79 Å². The summed E-state index contributed by atoms with van der Waals surface area (Å²) in [6.07, 6.45) is 3.83. The molecule has 0 saturated heterocycles. The van der Waals surface area contributed by atoms with Crippen molar-refractivity contribution in [1.82, 2.24) is 4.57 Å². The molecule has 0 spiro atoms. The van der Waals surface area contributed by atoms with Crippen LogP contribution in [0.25, 0.3) is 21.8 Å². The van der Waals surface area contributed by atoms with E-state index < -0.39 is 18.5 Å². The summed E-state index contributed by atoms with van der Waals surface area (Å²) >= 11 is 0. The standard InChI is InChI=1S/C26H24N2O4/c27-26(31)23-18-10-5-4-9-17(18)13-20-25(23)24-19(11-6-12-21(24)32-15-22(29)30)28(20)14-16-7-2-1-3-8-16/h1-3,6-8,11-13H,4-5,9-10,14-15H2,(H2,27,31)(H,29,30). The summed E-state index contributed by atoms with van der Waals surface area (Å²) in [5, 5.41) is 10.6. The van der Waals surface area contributed by atoms with Gasteiger partial charge in [-0.1, -0.05) is 36.4 Å². The van der Waals surface area contributed by atoms with Crippen molar-refractivity contribution in [2.24, 2.45) is 5.73 Å². The Morgan fingerprint density at radius 1 is 0.969 bits per heavy atom. The van der Waals surface area contributed by atoms with Gasteiger partial charge in [-0.2, -0.15) is 0 Å². The van der Waals surface area contributed by atoms with Crippen molar-refractivity contribution in [3.05, 3.63) is 76.9 Å². The first-order valence-electron chi connectivity index (χ1n) is 10.8. The van der Waals surface area contributed by atoms with Crippen molar-refractivity contribution < 1.29 is 19.4 Å². The zero-order valence-corrected chi connectivity index (χ0v) is 17.6. The number of benzene rings is 3. The van der Waals surface area contributed by atoms with E-state index >= 15 is 0 Å². The number of aromatic nitrogens is 1. The zero-order chi connectivity index (χ0) is 22.2. The van der Waals surface area contributed by atoms with Crippen LogP contribution >= 0.6 is 0 Å². The fourth-order valence-corrected chi connectivity index (χ4v) is 4.95. The molecule has 4 aromatic rings. The van der Waals surface area contributed by atoms with Crippen LogP contribution in [0.3, 0.4) is 0 Å². The Morgan fingerprint density at radius 3 is 2.50 bits per heavy atom. The third kappa shape index (κ3) is 3.38. The number of carboxylic acid groups (broad SMARTS) is 1. The Labute approximate surface area is 185 Å². The quantitative estimate of drug-likeness (QED) is 0.479. The molecule has 0 fully saturated rings. The SMILES string of the molecule is NC(=O)c1c2c(cc3c1c1c(OCC(=O)O)cccc1n3Cc1ccccc1)CCCC2. The molecule has 0 atom stereocenters. The van der Waals surface area contributed by atoms with Crippen LogP contribution in [0, 0.1) is 0 Å². The van der Waals surface area contributed by atoms with E-state index in [4.69, 9.17) is 15.6 Å². The molecule has 3 aromatic carbocycles. The lowest BCUT2D eigenvalue weighted by atomic mass is 9.85. The molecule has 1 aliphatic rings. The number of carbonyl (C=O) groups is 2. The van der Waals surface area contributed by atoms with E-state index in [1.807, 2.05) is 30.3 Å². The molecule has 1 amide bonds. The Balaban J connectivity index is 1.87. The van der Waals surface area contributed by atoms with E-state index in [0.717, 1.165) is 58.6 Å². The van der Waals surface area contributed by atoms with E-state index in [2.05, 4.69) is 22.8 Å². The monoisotopic (exact) mass is 428 g/mol. The van der Waals surface area contributed by atoms with Crippen LogP contribution in [0.5, 0.6) is 5.75 Å². The number of nitrogens with zero attached hydrogens (tertiary/aromatic N) is 1. The number of primary amides is 1. The minimum absolute atomic E-state index is 0.444. The van der Waals surface area contributed by atoms with Crippen LogP contribution in [0.4, 0.5) is 0 Å². The summed E-state index contributed by atoms with van der Waals surface area (Å²) in [4.78, 5) is 23.9. The molecule has 0 bridgehead atoms. The molecule has 1 aliphatic carbocycles. The maximum atomic E-state index is 12.8. The maximum absolute atomic E-state index is 12.8. The van der Waals surface area contributed by atoms with E-state index in [9.17, 15) is 9.59 Å². The number of nitrogens with two attached hydrogens (primary N) is 1. The third-order valence-corrected chi connectivity index (χ3v) is 6.25. The van der Waals surface area contributed by atoms with Crippen molar-refractivity contribution in [2.75, 3.05) is 6.61 Å². The molecule has 1 aromatic heterocycles. The van der Waals surface area contributed by atoms with Crippen LogP contribution in [0.2, 0.25) is 0 Å². The molecule has 0 unspecified atom stereocenters. The number of carboxylic acids is 1. The lowest BCUT2D eigenvalue weighted by Gasteiger charge is -2.20. The Morgan fingerprint density at radius 2 is 1.75 bits per heavy atom. The van der Waals surface area contributed by atoms with Crippen LogP contribution in [-0.4, -0.2) is 28.2 Å². The van der Waals surface area contributed by atoms with Crippen molar-refractivity contribution in [3.63, 3.8) is 0 Å². The molecular weight excluding hydrogens is 404 g/mol. The second kappa shape index (κ2) is 8.04. The normalized spacial score (nSPS) is 13.2. The van der Waals surface area contributed by atoms with Gasteiger partial charge in [-0.05, 0) is 60.6 Å². The molecule has 0 aliphatic heterocycles. The predicted octanol–water partition coefficient (Wildman–Crippen LogP) is 4.28. The van der Waals surface area contributed by atoms with Gasteiger partial charge in [-0.15, -0.1) is 0 Å². The highest BCUT2D eigenvalue weighted by Crippen LogP contribution is 2.41. The number of aliphatic carboxylic acids is 1. The number of amides is 1. The van der Waals surface area contributed by atoms with Gasteiger partial charge < -0.3 is 20.1 Å². The first-order valence-corrected chi connectivity index (χ1v) is 10.8. The minimum atomic E-state index is -1.05. The van der Waals surface area contributed by atoms with Gasteiger partial charge in [0.05, 0.1) is 22.0 Å². The molecule has 0 saturated carbocycles. The second-order valence-electron chi connectivity index (χ2n) is 8.26. The number of rotatable bonds is 6. The lowest BCUT2D eigenvalue weighted by Crippen LogP contribution is -2.18. The summed E-state index contributed by atoms with van der Waals surface area (Å²) in [5.41, 5.74) is 11.6. The molecule has 0 radical (unpaired) electrons. The molecular formula is C26H24N2O4. The van der Waals surface area contributed by atoms with Gasteiger partial charge in [0.15, 0.2) is 6.61 Å². The molecule has 6 heteroatoms. The summed E-state index contributed by atoms with van der Waals surface area (Å²) in [6, 6.07) is 17.9. The van der Waals surface area contributed by atoms with Gasteiger partial charge in [0, 0.05) is 11.9 Å².